The van der Waals surface area contributed by atoms with E-state index in [2.05, 4.69) is 45.1 Å². The fourth-order valence-corrected chi connectivity index (χ4v) is 7.91. The van der Waals surface area contributed by atoms with Gasteiger partial charge in [0.1, 0.15) is 13.2 Å². The summed E-state index contributed by atoms with van der Waals surface area (Å²) in [5, 5.41) is 0. The van der Waals surface area contributed by atoms with Crippen LogP contribution in [-0.4, -0.2) is 37.2 Å². The molecular formula is C55H102O6. The topological polar surface area (TPSA) is 78.9 Å². The molecular weight excluding hydrogens is 757 g/mol. The lowest BCUT2D eigenvalue weighted by atomic mass is 10.0. The molecule has 358 valence electrons. The highest BCUT2D eigenvalue weighted by Crippen LogP contribution is 2.16. The van der Waals surface area contributed by atoms with Gasteiger partial charge in [-0.3, -0.25) is 14.4 Å². The van der Waals surface area contributed by atoms with Crippen LogP contribution in [0, 0.1) is 0 Å². The van der Waals surface area contributed by atoms with E-state index < -0.39 is 6.10 Å². The first-order valence-corrected chi connectivity index (χ1v) is 26.9. The van der Waals surface area contributed by atoms with E-state index in [9.17, 15) is 14.4 Å². The molecule has 0 spiro atoms. The SMILES string of the molecule is CCCCCCCCC/C=C\C=C/CCCCCCCC(=O)OCC(COC(=O)CCCCCCCCCCC)OC(=O)CCCCCCCCCCCCCCCCCC. The number of rotatable bonds is 49. The smallest absolute Gasteiger partial charge is 0.306 e. The molecule has 0 aliphatic carbocycles. The van der Waals surface area contributed by atoms with Gasteiger partial charge in [-0.1, -0.05) is 251 Å². The second kappa shape index (κ2) is 50.5. The maximum Gasteiger partial charge on any atom is 0.306 e. The van der Waals surface area contributed by atoms with Gasteiger partial charge in [0.2, 0.25) is 0 Å². The Balaban J connectivity index is 4.30. The highest BCUT2D eigenvalue weighted by atomic mass is 16.6. The Morgan fingerprint density at radius 3 is 0.869 bits per heavy atom. The van der Waals surface area contributed by atoms with Crippen molar-refractivity contribution in [3.05, 3.63) is 24.3 Å². The molecule has 0 saturated heterocycles. The zero-order chi connectivity index (χ0) is 44.4. The maximum atomic E-state index is 12.8. The molecule has 1 unspecified atom stereocenters. The molecule has 0 aliphatic heterocycles. The summed E-state index contributed by atoms with van der Waals surface area (Å²) < 4.78 is 16.8. The number of hydrogen-bond donors (Lipinski definition) is 0. The Kier molecular flexibility index (Phi) is 48.8. The summed E-state index contributed by atoms with van der Waals surface area (Å²) in [6, 6.07) is 0. The van der Waals surface area contributed by atoms with Gasteiger partial charge < -0.3 is 14.2 Å². The lowest BCUT2D eigenvalue weighted by Gasteiger charge is -2.18. The van der Waals surface area contributed by atoms with Crippen molar-refractivity contribution >= 4 is 17.9 Å². The average Bonchev–Trinajstić information content (AvgIpc) is 3.26. The predicted molar refractivity (Wildman–Crippen MR) is 261 cm³/mol. The number of carbonyl (C=O) groups excluding carboxylic acids is 3. The summed E-state index contributed by atoms with van der Waals surface area (Å²) in [7, 11) is 0. The molecule has 6 heteroatoms. The fourth-order valence-electron chi connectivity index (χ4n) is 7.91. The van der Waals surface area contributed by atoms with Gasteiger partial charge in [0, 0.05) is 19.3 Å². The van der Waals surface area contributed by atoms with Crippen LogP contribution in [0.1, 0.15) is 290 Å². The number of ether oxygens (including phenoxy) is 3. The molecule has 61 heavy (non-hydrogen) atoms. The van der Waals surface area contributed by atoms with E-state index in [1.165, 1.54) is 173 Å². The summed E-state index contributed by atoms with van der Waals surface area (Å²) in [6.45, 7) is 6.64. The lowest BCUT2D eigenvalue weighted by molar-refractivity contribution is -0.167. The second-order valence-electron chi connectivity index (χ2n) is 18.2. The van der Waals surface area contributed by atoms with Crippen LogP contribution in [0.5, 0.6) is 0 Å². The van der Waals surface area contributed by atoms with Gasteiger partial charge >= 0.3 is 17.9 Å². The van der Waals surface area contributed by atoms with Crippen molar-refractivity contribution in [2.45, 2.75) is 297 Å². The van der Waals surface area contributed by atoms with Crippen molar-refractivity contribution in [3.63, 3.8) is 0 Å². The summed E-state index contributed by atoms with van der Waals surface area (Å²) in [5.41, 5.74) is 0. The summed E-state index contributed by atoms with van der Waals surface area (Å²) in [5.74, 6) is -0.874. The first kappa shape index (κ1) is 58.9. The molecule has 0 amide bonds. The summed E-state index contributed by atoms with van der Waals surface area (Å²) in [4.78, 5) is 37.9. The molecule has 6 nitrogen and oxygen atoms in total. The highest BCUT2D eigenvalue weighted by Gasteiger charge is 2.19. The monoisotopic (exact) mass is 859 g/mol. The van der Waals surface area contributed by atoms with Crippen molar-refractivity contribution in [2.75, 3.05) is 13.2 Å². The van der Waals surface area contributed by atoms with Crippen LogP contribution in [0.25, 0.3) is 0 Å². The van der Waals surface area contributed by atoms with E-state index in [0.717, 1.165) is 77.0 Å². The average molecular weight is 859 g/mol. The predicted octanol–water partition coefficient (Wildman–Crippen LogP) is 17.5. The van der Waals surface area contributed by atoms with Crippen LogP contribution < -0.4 is 0 Å². The Labute approximate surface area is 379 Å². The standard InChI is InChI=1S/C55H102O6/c1-4-7-10-13-16-19-21-23-25-27-28-30-31-33-36-39-42-45-48-54(57)60-51-52(50-59-53(56)47-44-41-38-35-18-15-12-9-6-3)61-55(58)49-46-43-40-37-34-32-29-26-24-22-20-17-14-11-8-5-2/h25,27-28,30,52H,4-24,26,29,31-51H2,1-3H3/b27-25-,30-28-. The molecule has 0 bridgehead atoms. The van der Waals surface area contributed by atoms with E-state index in [-0.39, 0.29) is 31.1 Å². The van der Waals surface area contributed by atoms with Crippen LogP contribution in [0.3, 0.4) is 0 Å². The van der Waals surface area contributed by atoms with Gasteiger partial charge in [-0.2, -0.15) is 0 Å². The third kappa shape index (κ3) is 48.8. The molecule has 0 aromatic heterocycles. The van der Waals surface area contributed by atoms with Crippen LogP contribution in [-0.2, 0) is 28.6 Å². The number of esters is 3. The minimum Gasteiger partial charge on any atom is -0.462 e. The number of carbonyl (C=O) groups is 3. The van der Waals surface area contributed by atoms with Crippen molar-refractivity contribution in [1.82, 2.24) is 0 Å². The Bertz CT molecular complexity index is 989. The molecule has 0 aromatic carbocycles. The van der Waals surface area contributed by atoms with Crippen molar-refractivity contribution in [3.8, 4) is 0 Å². The van der Waals surface area contributed by atoms with Crippen LogP contribution >= 0.6 is 0 Å². The normalized spacial score (nSPS) is 12.1. The van der Waals surface area contributed by atoms with Gasteiger partial charge in [0.25, 0.3) is 0 Å². The van der Waals surface area contributed by atoms with Crippen LogP contribution in [0.15, 0.2) is 24.3 Å². The van der Waals surface area contributed by atoms with Crippen molar-refractivity contribution in [1.29, 1.82) is 0 Å². The van der Waals surface area contributed by atoms with E-state index in [4.69, 9.17) is 14.2 Å². The van der Waals surface area contributed by atoms with E-state index in [1.807, 2.05) is 0 Å². The minimum absolute atomic E-state index is 0.0718. The molecule has 0 radical (unpaired) electrons. The van der Waals surface area contributed by atoms with Crippen molar-refractivity contribution in [2.24, 2.45) is 0 Å². The fraction of sp³-hybridized carbons (Fsp3) is 0.873. The molecule has 0 rings (SSSR count). The van der Waals surface area contributed by atoms with Crippen LogP contribution in [0.4, 0.5) is 0 Å². The quantitative estimate of drug-likeness (QED) is 0.0262. The van der Waals surface area contributed by atoms with E-state index >= 15 is 0 Å². The third-order valence-corrected chi connectivity index (χ3v) is 12.0. The zero-order valence-electron chi connectivity index (χ0n) is 40.9. The number of unbranched alkanes of at least 4 members (excludes halogenated alkanes) is 35. The zero-order valence-corrected chi connectivity index (χ0v) is 40.9. The van der Waals surface area contributed by atoms with Gasteiger partial charge in [0.05, 0.1) is 0 Å². The molecule has 0 heterocycles. The summed E-state index contributed by atoms with van der Waals surface area (Å²) in [6.07, 6.45) is 57.4. The Morgan fingerprint density at radius 1 is 0.328 bits per heavy atom. The largest absolute Gasteiger partial charge is 0.462 e. The third-order valence-electron chi connectivity index (χ3n) is 12.0. The van der Waals surface area contributed by atoms with E-state index in [0.29, 0.717) is 19.3 Å². The highest BCUT2D eigenvalue weighted by molar-refractivity contribution is 5.71. The molecule has 0 fully saturated rings. The van der Waals surface area contributed by atoms with Gasteiger partial charge in [-0.25, -0.2) is 0 Å². The first-order valence-electron chi connectivity index (χ1n) is 26.9. The number of hydrogen-bond acceptors (Lipinski definition) is 6. The lowest BCUT2D eigenvalue weighted by Crippen LogP contribution is -2.30. The minimum atomic E-state index is -0.771. The number of allylic oxidation sites excluding steroid dienone is 4. The molecule has 0 aliphatic rings. The maximum absolute atomic E-state index is 12.8. The molecule has 1 atom stereocenters. The first-order chi connectivity index (χ1) is 30.0. The van der Waals surface area contributed by atoms with Gasteiger partial charge in [-0.05, 0) is 44.9 Å². The van der Waals surface area contributed by atoms with Crippen LogP contribution in [0.2, 0.25) is 0 Å². The van der Waals surface area contributed by atoms with Gasteiger partial charge in [0.15, 0.2) is 6.10 Å². The Morgan fingerprint density at radius 2 is 0.574 bits per heavy atom. The molecule has 0 aromatic rings. The van der Waals surface area contributed by atoms with Gasteiger partial charge in [-0.15, -0.1) is 0 Å². The van der Waals surface area contributed by atoms with Crippen molar-refractivity contribution < 1.29 is 28.6 Å². The molecule has 0 saturated carbocycles. The Hall–Kier alpha value is -2.11. The molecule has 0 N–H and O–H groups in total. The second-order valence-corrected chi connectivity index (χ2v) is 18.2. The summed E-state index contributed by atoms with van der Waals surface area (Å²) >= 11 is 0. The van der Waals surface area contributed by atoms with E-state index in [1.54, 1.807) is 0 Å².